The fourth-order valence-electron chi connectivity index (χ4n) is 5.30. The first-order valence-electron chi connectivity index (χ1n) is 10.4. The summed E-state index contributed by atoms with van der Waals surface area (Å²) in [7, 11) is 1.72. The largest absolute Gasteiger partial charge is 0.496 e. The van der Waals surface area contributed by atoms with Crippen LogP contribution in [0.5, 0.6) is 5.75 Å². The van der Waals surface area contributed by atoms with Gasteiger partial charge in [-0.15, -0.1) is 12.4 Å². The predicted octanol–water partition coefficient (Wildman–Crippen LogP) is 3.48. The quantitative estimate of drug-likeness (QED) is 0.623. The number of ether oxygens (including phenoxy) is 1. The van der Waals surface area contributed by atoms with Crippen molar-refractivity contribution in [1.82, 2.24) is 14.9 Å². The second kappa shape index (κ2) is 8.69. The number of halogens is 2. The monoisotopic (exact) mass is 461 g/mol. The number of rotatable bonds is 4. The topological polar surface area (TPSA) is 76.1 Å². The molecule has 1 aromatic heterocycles. The van der Waals surface area contributed by atoms with Gasteiger partial charge >= 0.3 is 5.69 Å². The maximum absolute atomic E-state index is 12.9. The second-order valence-electron chi connectivity index (χ2n) is 8.23. The SMILES string of the molecule is COc1cccc2c1CC[C@H]1CNC(CCn3c(=O)[nH]c4cc(Cl)ccc4c3=O)[C@@H]21.Cl. The van der Waals surface area contributed by atoms with Gasteiger partial charge in [-0.3, -0.25) is 9.36 Å². The lowest BCUT2D eigenvalue weighted by atomic mass is 9.73. The van der Waals surface area contributed by atoms with E-state index in [4.69, 9.17) is 16.3 Å². The van der Waals surface area contributed by atoms with E-state index in [9.17, 15) is 9.59 Å². The average molecular weight is 462 g/mol. The number of nitrogens with zero attached hydrogens (tertiary/aromatic N) is 1. The van der Waals surface area contributed by atoms with E-state index in [2.05, 4.69) is 22.4 Å². The Morgan fingerprint density at radius 3 is 2.87 bits per heavy atom. The summed E-state index contributed by atoms with van der Waals surface area (Å²) in [5.41, 5.74) is 2.45. The molecule has 5 rings (SSSR count). The van der Waals surface area contributed by atoms with Crippen molar-refractivity contribution in [2.75, 3.05) is 13.7 Å². The lowest BCUT2D eigenvalue weighted by Crippen LogP contribution is -2.38. The molecule has 3 atom stereocenters. The van der Waals surface area contributed by atoms with Crippen LogP contribution >= 0.6 is 24.0 Å². The first kappa shape index (κ1) is 21.9. The van der Waals surface area contributed by atoms with Crippen LogP contribution in [0.2, 0.25) is 5.02 Å². The van der Waals surface area contributed by atoms with Crippen molar-refractivity contribution in [2.45, 2.75) is 37.8 Å². The molecule has 1 fully saturated rings. The number of methoxy groups -OCH3 is 1. The maximum atomic E-state index is 12.9. The zero-order valence-electron chi connectivity index (χ0n) is 17.2. The number of aromatic nitrogens is 2. The summed E-state index contributed by atoms with van der Waals surface area (Å²) in [6, 6.07) is 11.4. The Labute approximate surface area is 191 Å². The first-order valence-corrected chi connectivity index (χ1v) is 10.8. The van der Waals surface area contributed by atoms with Gasteiger partial charge in [0.05, 0.1) is 18.0 Å². The summed E-state index contributed by atoms with van der Waals surface area (Å²) in [5.74, 6) is 1.90. The van der Waals surface area contributed by atoms with Crippen LogP contribution in [0.3, 0.4) is 0 Å². The average Bonchev–Trinajstić information content (AvgIpc) is 3.16. The zero-order chi connectivity index (χ0) is 20.8. The van der Waals surface area contributed by atoms with Gasteiger partial charge in [0.1, 0.15) is 5.75 Å². The van der Waals surface area contributed by atoms with Gasteiger partial charge in [0.25, 0.3) is 5.56 Å². The van der Waals surface area contributed by atoms with E-state index in [-0.39, 0.29) is 24.0 Å². The van der Waals surface area contributed by atoms with E-state index >= 15 is 0 Å². The van der Waals surface area contributed by atoms with Crippen molar-refractivity contribution >= 4 is 34.9 Å². The first-order chi connectivity index (χ1) is 14.6. The van der Waals surface area contributed by atoms with Crippen LogP contribution in [0, 0.1) is 5.92 Å². The molecule has 1 aliphatic heterocycles. The van der Waals surface area contributed by atoms with Crippen LogP contribution in [0.15, 0.2) is 46.0 Å². The lowest BCUT2D eigenvalue weighted by molar-refractivity contribution is 0.371. The highest BCUT2D eigenvalue weighted by Gasteiger charge is 2.40. The van der Waals surface area contributed by atoms with Gasteiger partial charge in [-0.05, 0) is 67.1 Å². The number of hydrogen-bond acceptors (Lipinski definition) is 4. The van der Waals surface area contributed by atoms with Crippen molar-refractivity contribution in [3.8, 4) is 5.75 Å². The number of aromatic amines is 1. The van der Waals surface area contributed by atoms with E-state index < -0.39 is 5.69 Å². The number of fused-ring (bicyclic) bond motifs is 4. The molecule has 6 nitrogen and oxygen atoms in total. The number of nitrogens with one attached hydrogen (secondary N) is 2. The third-order valence-corrected chi connectivity index (χ3v) is 6.94. The van der Waals surface area contributed by atoms with Crippen LogP contribution in [-0.4, -0.2) is 29.2 Å². The zero-order valence-corrected chi connectivity index (χ0v) is 18.8. The van der Waals surface area contributed by atoms with Crippen LogP contribution in [0.1, 0.15) is 29.9 Å². The summed E-state index contributed by atoms with van der Waals surface area (Å²) in [6.07, 6.45) is 2.86. The minimum atomic E-state index is -0.393. The fourth-order valence-corrected chi connectivity index (χ4v) is 5.47. The molecule has 0 bridgehead atoms. The molecule has 1 saturated heterocycles. The van der Waals surface area contributed by atoms with Gasteiger partial charge < -0.3 is 15.0 Å². The van der Waals surface area contributed by atoms with Gasteiger partial charge in [-0.25, -0.2) is 4.79 Å². The van der Waals surface area contributed by atoms with Crippen molar-refractivity contribution < 1.29 is 4.74 Å². The summed E-state index contributed by atoms with van der Waals surface area (Å²) >= 11 is 5.99. The Balaban J connectivity index is 0.00000231. The Hall–Kier alpha value is -2.28. The normalized spacial score (nSPS) is 21.9. The maximum Gasteiger partial charge on any atom is 0.328 e. The minimum Gasteiger partial charge on any atom is -0.496 e. The highest BCUT2D eigenvalue weighted by molar-refractivity contribution is 6.31. The molecule has 31 heavy (non-hydrogen) atoms. The molecule has 2 heterocycles. The number of hydrogen-bond donors (Lipinski definition) is 2. The lowest BCUT2D eigenvalue weighted by Gasteiger charge is -2.32. The van der Waals surface area contributed by atoms with Crippen molar-refractivity contribution in [1.29, 1.82) is 0 Å². The van der Waals surface area contributed by atoms with Gasteiger partial charge in [-0.1, -0.05) is 23.7 Å². The molecule has 2 aromatic carbocycles. The highest BCUT2D eigenvalue weighted by Crippen LogP contribution is 2.45. The Morgan fingerprint density at radius 2 is 2.06 bits per heavy atom. The molecule has 164 valence electrons. The van der Waals surface area contributed by atoms with Crippen molar-refractivity contribution in [3.05, 3.63) is 73.4 Å². The molecule has 0 amide bonds. The van der Waals surface area contributed by atoms with E-state index in [0.29, 0.717) is 40.7 Å². The summed E-state index contributed by atoms with van der Waals surface area (Å²) in [5, 5.41) is 4.61. The summed E-state index contributed by atoms with van der Waals surface area (Å²) in [4.78, 5) is 28.2. The number of benzene rings is 2. The van der Waals surface area contributed by atoms with Crippen LogP contribution in [-0.2, 0) is 13.0 Å². The predicted molar refractivity (Wildman–Crippen MR) is 125 cm³/mol. The smallest absolute Gasteiger partial charge is 0.328 e. The molecule has 8 heteroatoms. The molecule has 2 N–H and O–H groups in total. The molecule has 1 aliphatic carbocycles. The van der Waals surface area contributed by atoms with Gasteiger partial charge in [0, 0.05) is 23.5 Å². The molecule has 0 saturated carbocycles. The minimum absolute atomic E-state index is 0. The van der Waals surface area contributed by atoms with Crippen LogP contribution < -0.4 is 21.3 Å². The standard InChI is InChI=1S/C23H24ClN3O3.ClH/c1-30-20-4-2-3-16-15(20)7-5-13-12-25-18(21(13)16)9-10-27-22(28)17-8-6-14(24)11-19(17)26-23(27)29;/h2-4,6,8,11,13,18,21,25H,5,7,9-10,12H2,1H3,(H,26,29);1H/t13-,18?,21+;/m0./s1. The molecular weight excluding hydrogens is 437 g/mol. The van der Waals surface area contributed by atoms with E-state index in [1.807, 2.05) is 6.07 Å². The molecule has 0 spiro atoms. The highest BCUT2D eigenvalue weighted by atomic mass is 35.5. The van der Waals surface area contributed by atoms with Gasteiger partial charge in [-0.2, -0.15) is 0 Å². The van der Waals surface area contributed by atoms with Crippen molar-refractivity contribution in [2.24, 2.45) is 5.92 Å². The Kier molecular flexibility index (Phi) is 6.15. The Morgan fingerprint density at radius 1 is 1.23 bits per heavy atom. The summed E-state index contributed by atoms with van der Waals surface area (Å²) < 4.78 is 6.89. The summed E-state index contributed by atoms with van der Waals surface area (Å²) in [6.45, 7) is 1.33. The third kappa shape index (κ3) is 3.77. The van der Waals surface area contributed by atoms with Gasteiger partial charge in [0.15, 0.2) is 0 Å². The molecular formula is C23H25Cl2N3O3. The fraction of sp³-hybridized carbons (Fsp3) is 0.391. The second-order valence-corrected chi connectivity index (χ2v) is 8.67. The Bertz CT molecular complexity index is 1240. The van der Waals surface area contributed by atoms with Gasteiger partial charge in [0.2, 0.25) is 0 Å². The van der Waals surface area contributed by atoms with E-state index in [0.717, 1.165) is 25.1 Å². The molecule has 0 radical (unpaired) electrons. The van der Waals surface area contributed by atoms with E-state index in [1.54, 1.807) is 25.3 Å². The number of H-pyrrole nitrogens is 1. The van der Waals surface area contributed by atoms with Crippen LogP contribution in [0.25, 0.3) is 10.9 Å². The molecule has 3 aromatic rings. The van der Waals surface area contributed by atoms with Crippen LogP contribution in [0.4, 0.5) is 0 Å². The molecule has 2 aliphatic rings. The third-order valence-electron chi connectivity index (χ3n) is 6.70. The molecule has 1 unspecified atom stereocenters. The van der Waals surface area contributed by atoms with Crippen molar-refractivity contribution in [3.63, 3.8) is 0 Å². The van der Waals surface area contributed by atoms with E-state index in [1.165, 1.54) is 15.7 Å².